The van der Waals surface area contributed by atoms with Crippen LogP contribution in [0.15, 0.2) is 147 Å². The molecule has 0 fully saturated rings. The molecule has 6 aromatic heterocycles. The summed E-state index contributed by atoms with van der Waals surface area (Å²) in [5.74, 6) is 0. The first-order chi connectivity index (χ1) is 22.8. The monoisotopic (exact) mass is 864 g/mol. The molecule has 0 radical (unpaired) electrons. The van der Waals surface area contributed by atoms with Gasteiger partial charge in [0.1, 0.15) is 0 Å². The van der Waals surface area contributed by atoms with E-state index in [1.807, 2.05) is 97.1 Å². The van der Waals surface area contributed by atoms with Crippen molar-refractivity contribution >= 4 is 15.6 Å². The molecule has 0 amide bonds. The van der Waals surface area contributed by atoms with Crippen molar-refractivity contribution in [3.63, 3.8) is 0 Å². The topological polar surface area (TPSA) is 103 Å². The molecule has 51 heavy (non-hydrogen) atoms. The molecule has 0 atom stereocenters. The Hall–Kier alpha value is -4.60. The first-order valence-electron chi connectivity index (χ1n) is 13.0. The van der Waals surface area contributed by atoms with Gasteiger partial charge in [-0.25, -0.2) is 0 Å². The Morgan fingerprint density at radius 3 is 0.529 bits per heavy atom. The van der Waals surface area contributed by atoms with Gasteiger partial charge in [0.2, 0.25) is 0 Å². The van der Waals surface area contributed by atoms with E-state index in [0.29, 0.717) is 0 Å². The fourth-order valence-electron chi connectivity index (χ4n) is 2.56. The zero-order valence-corrected chi connectivity index (χ0v) is 28.7. The van der Waals surface area contributed by atoms with Crippen LogP contribution in [-0.2, 0) is 19.5 Å². The quantitative estimate of drug-likeness (QED) is 0.0963. The molecule has 0 bridgehead atoms. The Labute approximate surface area is 294 Å². The van der Waals surface area contributed by atoms with Gasteiger partial charge in [0, 0.05) is 49.6 Å². The SMILES string of the molecule is F[P-](F)(F)(F)(F)F.F[P-](F)(F)(F)(F)F.[Ru+2].c1ccc(-c2ccccn2)nc1.c1ccc(-c2ccccn2)nc1.c1ccnnc1.c1ccnnc1. The fraction of sp³-hybridized carbons (Fsp3) is 0. The summed E-state index contributed by atoms with van der Waals surface area (Å²) in [5.41, 5.74) is 3.66. The third-order valence-corrected chi connectivity index (χ3v) is 4.15. The largest absolute Gasteiger partial charge is 2.00 e. The van der Waals surface area contributed by atoms with Gasteiger partial charge in [-0.15, -0.1) is 0 Å². The predicted molar refractivity (Wildman–Crippen MR) is 166 cm³/mol. The number of pyridine rings is 4. The Morgan fingerprint density at radius 2 is 0.431 bits per heavy atom. The first kappa shape index (κ1) is 46.4. The molecular weight excluding hydrogens is 839 g/mol. The van der Waals surface area contributed by atoms with Crippen LogP contribution >= 0.6 is 15.6 Å². The molecule has 8 nitrogen and oxygen atoms in total. The molecule has 0 N–H and O–H groups in total. The molecule has 6 heterocycles. The Kier molecular flexibility index (Phi) is 16.9. The van der Waals surface area contributed by atoms with Gasteiger partial charge in [-0.2, -0.15) is 20.4 Å². The fourth-order valence-corrected chi connectivity index (χ4v) is 2.56. The van der Waals surface area contributed by atoms with Crippen LogP contribution in [0.4, 0.5) is 50.4 Å². The summed E-state index contributed by atoms with van der Waals surface area (Å²) in [6, 6.07) is 30.5. The summed E-state index contributed by atoms with van der Waals surface area (Å²) in [4.78, 5) is 16.7. The minimum atomic E-state index is -10.7. The van der Waals surface area contributed by atoms with Gasteiger partial charge in [0.25, 0.3) is 0 Å². The van der Waals surface area contributed by atoms with Gasteiger partial charge in [-0.05, 0) is 72.8 Å². The number of hydrogen-bond donors (Lipinski definition) is 0. The van der Waals surface area contributed by atoms with Crippen molar-refractivity contribution in [2.45, 2.75) is 0 Å². The van der Waals surface area contributed by atoms with E-state index in [1.54, 1.807) is 49.6 Å². The Morgan fingerprint density at radius 1 is 0.275 bits per heavy atom. The normalized spacial score (nSPS) is 12.8. The number of rotatable bonds is 2. The third-order valence-electron chi connectivity index (χ3n) is 4.15. The van der Waals surface area contributed by atoms with E-state index >= 15 is 0 Å². The van der Waals surface area contributed by atoms with Crippen molar-refractivity contribution in [2.75, 3.05) is 0 Å². The maximum absolute atomic E-state index is 10.7. The summed E-state index contributed by atoms with van der Waals surface area (Å²) in [6.45, 7) is 0. The van der Waals surface area contributed by atoms with Crippen molar-refractivity contribution < 1.29 is 69.8 Å². The van der Waals surface area contributed by atoms with Crippen molar-refractivity contribution in [3.8, 4) is 22.8 Å². The third kappa shape index (κ3) is 38.1. The molecule has 278 valence electrons. The molecule has 0 aliphatic carbocycles. The van der Waals surface area contributed by atoms with E-state index < -0.39 is 15.6 Å². The molecule has 0 spiro atoms. The van der Waals surface area contributed by atoms with Crippen molar-refractivity contribution in [1.29, 1.82) is 0 Å². The molecule has 0 aromatic carbocycles. The summed E-state index contributed by atoms with van der Waals surface area (Å²) in [7, 11) is -21.3. The Balaban J connectivity index is 0.000000603. The zero-order valence-electron chi connectivity index (χ0n) is 25.2. The van der Waals surface area contributed by atoms with E-state index in [2.05, 4.69) is 40.3 Å². The van der Waals surface area contributed by atoms with E-state index in [0.717, 1.165) is 22.8 Å². The Bertz CT molecular complexity index is 1470. The maximum atomic E-state index is 9.87. The van der Waals surface area contributed by atoms with Crippen molar-refractivity contribution in [2.24, 2.45) is 0 Å². The van der Waals surface area contributed by atoms with Crippen LogP contribution in [0.25, 0.3) is 22.8 Å². The van der Waals surface area contributed by atoms with Crippen LogP contribution in [0.5, 0.6) is 0 Å². The van der Waals surface area contributed by atoms with Gasteiger partial charge in [0.05, 0.1) is 22.8 Å². The van der Waals surface area contributed by atoms with Crippen molar-refractivity contribution in [3.05, 3.63) is 147 Å². The molecule has 0 aliphatic heterocycles. The zero-order chi connectivity index (χ0) is 37.8. The first-order valence-corrected chi connectivity index (χ1v) is 17.1. The van der Waals surface area contributed by atoms with Crippen LogP contribution in [-0.4, -0.2) is 40.3 Å². The van der Waals surface area contributed by atoms with Gasteiger partial charge < -0.3 is 0 Å². The van der Waals surface area contributed by atoms with Crippen LogP contribution < -0.4 is 0 Å². The van der Waals surface area contributed by atoms with Crippen molar-refractivity contribution in [1.82, 2.24) is 40.3 Å². The molecule has 23 heteroatoms. The molecule has 0 unspecified atom stereocenters. The van der Waals surface area contributed by atoms with Gasteiger partial charge in [-0.3, -0.25) is 19.9 Å². The van der Waals surface area contributed by atoms with E-state index in [1.165, 1.54) is 0 Å². The van der Waals surface area contributed by atoms with Gasteiger partial charge in [0.15, 0.2) is 0 Å². The minimum absolute atomic E-state index is 0. The second-order valence-electron chi connectivity index (χ2n) is 8.60. The van der Waals surface area contributed by atoms with E-state index in [9.17, 15) is 50.4 Å². The minimum Gasteiger partial charge on any atom is -0.255 e. The molecule has 0 saturated carbocycles. The van der Waals surface area contributed by atoms with Crippen LogP contribution in [0.3, 0.4) is 0 Å². The van der Waals surface area contributed by atoms with Gasteiger partial charge >= 0.3 is 85.5 Å². The second-order valence-corrected chi connectivity index (χ2v) is 12.4. The molecule has 0 aliphatic rings. The average Bonchev–Trinajstić information content (AvgIpc) is 3.06. The maximum Gasteiger partial charge on any atom is 2.00 e. The summed E-state index contributed by atoms with van der Waals surface area (Å²) in [5, 5.41) is 14.1. The van der Waals surface area contributed by atoms with E-state index in [-0.39, 0.29) is 19.5 Å². The van der Waals surface area contributed by atoms with Crippen LogP contribution in [0.2, 0.25) is 0 Å². The molecular formula is C28H24F12N8P2Ru. The molecule has 6 rings (SSSR count). The summed E-state index contributed by atoms with van der Waals surface area (Å²) in [6.07, 6.45) is 13.6. The standard InChI is InChI=1S/2C10H8N2.2C4H4N2.2F6P.Ru/c2*1-3-7-11-9(5-1)10-6-2-4-8-12-10;2*1-2-4-6-5-3-1;2*1-7(2,3,4,5)6;/h2*1-8H;2*1-4H;;;/q;;;;2*-1;+2. The van der Waals surface area contributed by atoms with Gasteiger partial charge in [-0.1, -0.05) is 24.3 Å². The van der Waals surface area contributed by atoms with E-state index in [4.69, 9.17) is 0 Å². The summed E-state index contributed by atoms with van der Waals surface area (Å²) < 4.78 is 118. The summed E-state index contributed by atoms with van der Waals surface area (Å²) >= 11 is 0. The van der Waals surface area contributed by atoms with Crippen LogP contribution in [0.1, 0.15) is 0 Å². The average molecular weight is 864 g/mol. The predicted octanol–water partition coefficient (Wildman–Crippen LogP) is 12.0. The second kappa shape index (κ2) is 18.6. The van der Waals surface area contributed by atoms with Crippen LogP contribution in [0, 0.1) is 0 Å². The smallest absolute Gasteiger partial charge is 0.255 e. The number of nitrogens with zero attached hydrogens (tertiary/aromatic N) is 8. The number of hydrogen-bond acceptors (Lipinski definition) is 8. The number of halogens is 12. The molecule has 6 aromatic rings. The number of aromatic nitrogens is 8. The molecule has 0 saturated heterocycles.